The van der Waals surface area contributed by atoms with E-state index >= 15 is 0 Å². The smallest absolute Gasteiger partial charge is 0.244 e. The highest BCUT2D eigenvalue weighted by molar-refractivity contribution is 8.77. The summed E-state index contributed by atoms with van der Waals surface area (Å²) in [6, 6.07) is 4.59. The van der Waals surface area contributed by atoms with Gasteiger partial charge in [-0.1, -0.05) is 57.3 Å². The first-order chi connectivity index (χ1) is 13.4. The van der Waals surface area contributed by atoms with Crippen molar-refractivity contribution < 1.29 is 13.2 Å². The lowest BCUT2D eigenvalue weighted by Crippen LogP contribution is -2.50. The third-order valence-electron chi connectivity index (χ3n) is 5.02. The third-order valence-corrected chi connectivity index (χ3v) is 10.9. The Labute approximate surface area is 184 Å². The monoisotopic (exact) mass is 482 g/mol. The van der Waals surface area contributed by atoms with Crippen LogP contribution in [0.25, 0.3) is 0 Å². The minimum atomic E-state index is -3.72. The summed E-state index contributed by atoms with van der Waals surface area (Å²) in [5, 5.41) is 1.000. The Kier molecular flexibility index (Phi) is 8.27. The SMILES string of the molecule is O=C(CCCCC1CCSS1)N1CCN(S(=O)(=O)c2cccc(Cl)c2Cl)CC1. The average Bonchev–Trinajstić information content (AvgIpc) is 3.20. The van der Waals surface area contributed by atoms with Crippen LogP contribution in [-0.4, -0.2) is 60.7 Å². The summed E-state index contributed by atoms with van der Waals surface area (Å²) in [5.41, 5.74) is 0. The molecule has 2 saturated heterocycles. The van der Waals surface area contributed by atoms with Crippen molar-refractivity contribution in [1.82, 2.24) is 9.21 Å². The summed E-state index contributed by atoms with van der Waals surface area (Å²) in [7, 11) is 0.196. The Balaban J connectivity index is 1.46. The van der Waals surface area contributed by atoms with E-state index < -0.39 is 10.0 Å². The van der Waals surface area contributed by atoms with Gasteiger partial charge in [-0.15, -0.1) is 0 Å². The second kappa shape index (κ2) is 10.3. The molecule has 1 amide bonds. The fourth-order valence-electron chi connectivity index (χ4n) is 3.37. The van der Waals surface area contributed by atoms with E-state index in [1.165, 1.54) is 29.0 Å². The molecule has 0 saturated carbocycles. The van der Waals surface area contributed by atoms with Crippen LogP contribution in [0.4, 0.5) is 0 Å². The molecule has 156 valence electrons. The molecule has 0 aromatic heterocycles. The molecule has 2 fully saturated rings. The molecule has 0 N–H and O–H groups in total. The molecule has 2 heterocycles. The van der Waals surface area contributed by atoms with Gasteiger partial charge >= 0.3 is 0 Å². The largest absolute Gasteiger partial charge is 0.340 e. The maximum Gasteiger partial charge on any atom is 0.244 e. The number of nitrogens with zero attached hydrogens (tertiary/aromatic N) is 2. The van der Waals surface area contributed by atoms with E-state index in [4.69, 9.17) is 23.2 Å². The van der Waals surface area contributed by atoms with Crippen molar-refractivity contribution in [1.29, 1.82) is 0 Å². The molecule has 1 atom stereocenters. The summed E-state index contributed by atoms with van der Waals surface area (Å²) in [6.45, 7) is 1.36. The molecule has 2 aliphatic heterocycles. The van der Waals surface area contributed by atoms with Crippen LogP contribution < -0.4 is 0 Å². The lowest BCUT2D eigenvalue weighted by atomic mass is 10.1. The zero-order chi connectivity index (χ0) is 20.1. The molecule has 1 unspecified atom stereocenters. The summed E-state index contributed by atoms with van der Waals surface area (Å²) >= 11 is 12.0. The molecule has 28 heavy (non-hydrogen) atoms. The van der Waals surface area contributed by atoms with Gasteiger partial charge in [-0.2, -0.15) is 4.31 Å². The van der Waals surface area contributed by atoms with E-state index in [2.05, 4.69) is 0 Å². The predicted octanol–water partition coefficient (Wildman–Crippen LogP) is 4.54. The Morgan fingerprint density at radius 2 is 1.89 bits per heavy atom. The molecule has 0 spiro atoms. The Morgan fingerprint density at radius 1 is 1.14 bits per heavy atom. The number of benzene rings is 1. The number of carbonyl (C=O) groups excluding carboxylic acids is 1. The number of hydrogen-bond donors (Lipinski definition) is 0. The first kappa shape index (κ1) is 22.6. The first-order valence-electron chi connectivity index (χ1n) is 9.40. The highest BCUT2D eigenvalue weighted by Crippen LogP contribution is 2.40. The van der Waals surface area contributed by atoms with Gasteiger partial charge in [0.15, 0.2) is 0 Å². The van der Waals surface area contributed by atoms with Crippen molar-refractivity contribution in [3.63, 3.8) is 0 Å². The summed E-state index contributed by atoms with van der Waals surface area (Å²) in [4.78, 5) is 14.2. The van der Waals surface area contributed by atoms with Gasteiger partial charge in [0.2, 0.25) is 15.9 Å². The van der Waals surface area contributed by atoms with Gasteiger partial charge in [0, 0.05) is 43.6 Å². The Hall–Kier alpha value is -0.120. The van der Waals surface area contributed by atoms with E-state index in [9.17, 15) is 13.2 Å². The van der Waals surface area contributed by atoms with Crippen molar-refractivity contribution in [3.05, 3.63) is 28.2 Å². The van der Waals surface area contributed by atoms with Gasteiger partial charge in [-0.05, 0) is 31.4 Å². The van der Waals surface area contributed by atoms with Crippen LogP contribution in [-0.2, 0) is 14.8 Å². The van der Waals surface area contributed by atoms with Crippen LogP contribution in [0, 0.1) is 0 Å². The van der Waals surface area contributed by atoms with Crippen LogP contribution >= 0.6 is 44.8 Å². The predicted molar refractivity (Wildman–Crippen MR) is 119 cm³/mol. The van der Waals surface area contributed by atoms with E-state index in [0.29, 0.717) is 19.5 Å². The molecule has 10 heteroatoms. The number of halogens is 2. The number of sulfonamides is 1. The average molecular weight is 484 g/mol. The molecule has 0 aliphatic carbocycles. The van der Waals surface area contributed by atoms with Crippen molar-refractivity contribution in [2.24, 2.45) is 0 Å². The molecule has 2 aliphatic rings. The molecule has 1 aromatic rings. The van der Waals surface area contributed by atoms with Crippen molar-refractivity contribution in [3.8, 4) is 0 Å². The molecule has 0 radical (unpaired) electrons. The zero-order valence-corrected chi connectivity index (χ0v) is 19.4. The molecule has 3 rings (SSSR count). The highest BCUT2D eigenvalue weighted by Gasteiger charge is 2.31. The van der Waals surface area contributed by atoms with Crippen molar-refractivity contribution in [2.45, 2.75) is 42.2 Å². The third kappa shape index (κ3) is 5.52. The molecule has 5 nitrogen and oxygen atoms in total. The van der Waals surface area contributed by atoms with E-state index in [1.807, 2.05) is 21.6 Å². The topological polar surface area (TPSA) is 57.7 Å². The molecule has 0 bridgehead atoms. The number of amides is 1. The maximum atomic E-state index is 12.8. The van der Waals surface area contributed by atoms with Crippen LogP contribution in [0.5, 0.6) is 0 Å². The molecule has 1 aromatic carbocycles. The lowest BCUT2D eigenvalue weighted by molar-refractivity contribution is -0.132. The summed E-state index contributed by atoms with van der Waals surface area (Å²) < 4.78 is 27.1. The number of unbranched alkanes of at least 4 members (excludes halogenated alkanes) is 1. The quantitative estimate of drug-likeness (QED) is 0.421. The van der Waals surface area contributed by atoms with Crippen LogP contribution in [0.1, 0.15) is 32.1 Å². The van der Waals surface area contributed by atoms with Gasteiger partial charge in [0.25, 0.3) is 0 Å². The molecular weight excluding hydrogens is 459 g/mol. The van der Waals surface area contributed by atoms with Crippen LogP contribution in [0.3, 0.4) is 0 Å². The van der Waals surface area contributed by atoms with Crippen LogP contribution in [0.2, 0.25) is 10.0 Å². The van der Waals surface area contributed by atoms with E-state index in [-0.39, 0.29) is 33.9 Å². The Bertz CT molecular complexity index is 793. The standard InChI is InChI=1S/C18H24Cl2N2O3S3/c19-15-5-3-6-16(18(15)20)28(24,25)22-11-9-21(10-12-22)17(23)7-2-1-4-14-8-13-26-27-14/h3,5-6,14H,1-2,4,7-13H2. The highest BCUT2D eigenvalue weighted by atomic mass is 35.5. The molecular formula is C18H24Cl2N2O3S3. The maximum absolute atomic E-state index is 12.8. The number of hydrogen-bond acceptors (Lipinski definition) is 5. The number of carbonyl (C=O) groups is 1. The first-order valence-corrected chi connectivity index (χ1v) is 14.0. The zero-order valence-electron chi connectivity index (χ0n) is 15.5. The number of rotatable bonds is 7. The summed E-state index contributed by atoms with van der Waals surface area (Å²) in [6.07, 6.45) is 4.97. The minimum Gasteiger partial charge on any atom is -0.340 e. The lowest BCUT2D eigenvalue weighted by Gasteiger charge is -2.34. The van der Waals surface area contributed by atoms with Crippen molar-refractivity contribution in [2.75, 3.05) is 31.9 Å². The minimum absolute atomic E-state index is 0.0180. The number of piperazine rings is 1. The fourth-order valence-corrected chi connectivity index (χ4v) is 8.56. The van der Waals surface area contributed by atoms with Gasteiger partial charge in [0.05, 0.1) is 10.0 Å². The van der Waals surface area contributed by atoms with Gasteiger partial charge in [-0.3, -0.25) is 4.79 Å². The van der Waals surface area contributed by atoms with E-state index in [0.717, 1.165) is 18.1 Å². The Morgan fingerprint density at radius 3 is 2.57 bits per heavy atom. The van der Waals surface area contributed by atoms with Gasteiger partial charge in [0.1, 0.15) is 4.90 Å². The second-order valence-electron chi connectivity index (χ2n) is 6.91. The van der Waals surface area contributed by atoms with Crippen molar-refractivity contribution >= 4 is 60.7 Å². The van der Waals surface area contributed by atoms with Gasteiger partial charge < -0.3 is 4.90 Å². The van der Waals surface area contributed by atoms with E-state index in [1.54, 1.807) is 17.0 Å². The second-order valence-corrected chi connectivity index (χ2v) is 12.4. The fraction of sp³-hybridized carbons (Fsp3) is 0.611. The summed E-state index contributed by atoms with van der Waals surface area (Å²) in [5.74, 6) is 1.35. The normalized spacial score (nSPS) is 21.2. The van der Waals surface area contributed by atoms with Crippen LogP contribution in [0.15, 0.2) is 23.1 Å². The van der Waals surface area contributed by atoms with Gasteiger partial charge in [-0.25, -0.2) is 8.42 Å².